The number of ether oxygens (including phenoxy) is 1. The van der Waals surface area contributed by atoms with Crippen LogP contribution in [-0.2, 0) is 6.54 Å². The monoisotopic (exact) mass is 249 g/mol. The Labute approximate surface area is 109 Å². The van der Waals surface area contributed by atoms with Crippen molar-refractivity contribution in [1.29, 1.82) is 0 Å². The smallest absolute Gasteiger partial charge is 0.118 e. The third-order valence-electron chi connectivity index (χ3n) is 3.78. The largest absolute Gasteiger partial charge is 0.497 e. The lowest BCUT2D eigenvalue weighted by molar-refractivity contribution is 0.248. The van der Waals surface area contributed by atoms with Gasteiger partial charge in [-0.25, -0.2) is 0 Å². The van der Waals surface area contributed by atoms with Gasteiger partial charge in [0.05, 0.1) is 7.11 Å². The third-order valence-corrected chi connectivity index (χ3v) is 3.78. The third kappa shape index (κ3) is 3.22. The SMILES string of the molecule is COc1ccc(CNC2(CN)CCNCC2)cc1. The molecule has 1 aromatic carbocycles. The highest BCUT2D eigenvalue weighted by Gasteiger charge is 2.29. The van der Waals surface area contributed by atoms with Crippen LogP contribution in [0.1, 0.15) is 18.4 Å². The molecule has 0 radical (unpaired) electrons. The van der Waals surface area contributed by atoms with E-state index in [0.29, 0.717) is 6.54 Å². The van der Waals surface area contributed by atoms with E-state index < -0.39 is 0 Å². The van der Waals surface area contributed by atoms with Gasteiger partial charge in [-0.15, -0.1) is 0 Å². The summed E-state index contributed by atoms with van der Waals surface area (Å²) in [4.78, 5) is 0. The van der Waals surface area contributed by atoms with Crippen LogP contribution in [0.4, 0.5) is 0 Å². The zero-order valence-electron chi connectivity index (χ0n) is 11.0. The summed E-state index contributed by atoms with van der Waals surface area (Å²) < 4.78 is 5.16. The van der Waals surface area contributed by atoms with Crippen LogP contribution in [0.3, 0.4) is 0 Å². The number of hydrogen-bond acceptors (Lipinski definition) is 4. The molecule has 1 aliphatic heterocycles. The number of nitrogens with one attached hydrogen (secondary N) is 2. The van der Waals surface area contributed by atoms with Gasteiger partial charge in [0.25, 0.3) is 0 Å². The normalized spacial score (nSPS) is 18.6. The van der Waals surface area contributed by atoms with Crippen molar-refractivity contribution < 1.29 is 4.74 Å². The highest BCUT2D eigenvalue weighted by Crippen LogP contribution is 2.18. The van der Waals surface area contributed by atoms with Crippen molar-refractivity contribution in [1.82, 2.24) is 10.6 Å². The van der Waals surface area contributed by atoms with Gasteiger partial charge in [0.2, 0.25) is 0 Å². The molecule has 1 heterocycles. The second-order valence-electron chi connectivity index (χ2n) is 4.94. The molecule has 0 unspecified atom stereocenters. The first-order chi connectivity index (χ1) is 8.78. The second kappa shape index (κ2) is 6.18. The van der Waals surface area contributed by atoms with Crippen molar-refractivity contribution >= 4 is 0 Å². The summed E-state index contributed by atoms with van der Waals surface area (Å²) in [6, 6.07) is 8.18. The molecular formula is C14H23N3O. The van der Waals surface area contributed by atoms with Crippen molar-refractivity contribution in [3.8, 4) is 5.75 Å². The van der Waals surface area contributed by atoms with Gasteiger partial charge in [-0.2, -0.15) is 0 Å². The zero-order chi connectivity index (χ0) is 12.8. The molecule has 0 bridgehead atoms. The Kier molecular flexibility index (Phi) is 4.58. The van der Waals surface area contributed by atoms with Crippen LogP contribution in [0.5, 0.6) is 5.75 Å². The number of methoxy groups -OCH3 is 1. The molecule has 0 aliphatic carbocycles. The topological polar surface area (TPSA) is 59.3 Å². The number of rotatable bonds is 5. The predicted octanol–water partition coefficient (Wildman–Crippen LogP) is 0.866. The maximum Gasteiger partial charge on any atom is 0.118 e. The van der Waals surface area contributed by atoms with Crippen LogP contribution in [0, 0.1) is 0 Å². The van der Waals surface area contributed by atoms with E-state index in [1.165, 1.54) is 5.56 Å². The van der Waals surface area contributed by atoms with E-state index >= 15 is 0 Å². The van der Waals surface area contributed by atoms with E-state index in [1.54, 1.807) is 7.11 Å². The van der Waals surface area contributed by atoms with Crippen LogP contribution in [0.25, 0.3) is 0 Å². The van der Waals surface area contributed by atoms with E-state index in [1.807, 2.05) is 12.1 Å². The highest BCUT2D eigenvalue weighted by molar-refractivity contribution is 5.27. The number of benzene rings is 1. The average Bonchev–Trinajstić information content (AvgIpc) is 2.47. The molecule has 0 amide bonds. The Balaban J connectivity index is 1.92. The number of piperidine rings is 1. The first-order valence-corrected chi connectivity index (χ1v) is 6.57. The highest BCUT2D eigenvalue weighted by atomic mass is 16.5. The molecule has 1 aromatic rings. The summed E-state index contributed by atoms with van der Waals surface area (Å²) in [5, 5.41) is 7.01. The van der Waals surface area contributed by atoms with Gasteiger partial charge < -0.3 is 21.1 Å². The van der Waals surface area contributed by atoms with E-state index in [9.17, 15) is 0 Å². The molecule has 18 heavy (non-hydrogen) atoms. The minimum Gasteiger partial charge on any atom is -0.497 e. The Morgan fingerprint density at radius 3 is 2.50 bits per heavy atom. The van der Waals surface area contributed by atoms with E-state index in [-0.39, 0.29) is 5.54 Å². The van der Waals surface area contributed by atoms with Gasteiger partial charge in [0.15, 0.2) is 0 Å². The molecule has 1 aliphatic rings. The lowest BCUT2D eigenvalue weighted by atomic mass is 9.88. The molecular weight excluding hydrogens is 226 g/mol. The van der Waals surface area contributed by atoms with E-state index in [0.717, 1.165) is 38.2 Å². The maximum atomic E-state index is 5.94. The summed E-state index contributed by atoms with van der Waals surface area (Å²) in [5.74, 6) is 0.897. The molecule has 1 fully saturated rings. The Hall–Kier alpha value is -1.10. The number of hydrogen-bond donors (Lipinski definition) is 3. The van der Waals surface area contributed by atoms with Crippen molar-refractivity contribution in [2.75, 3.05) is 26.7 Å². The van der Waals surface area contributed by atoms with E-state index in [4.69, 9.17) is 10.5 Å². The van der Waals surface area contributed by atoms with Gasteiger partial charge in [0.1, 0.15) is 5.75 Å². The number of nitrogens with two attached hydrogens (primary N) is 1. The van der Waals surface area contributed by atoms with Gasteiger partial charge in [-0.05, 0) is 43.6 Å². The molecule has 100 valence electrons. The summed E-state index contributed by atoms with van der Waals surface area (Å²) in [5.41, 5.74) is 7.31. The fraction of sp³-hybridized carbons (Fsp3) is 0.571. The first-order valence-electron chi connectivity index (χ1n) is 6.57. The van der Waals surface area contributed by atoms with Crippen LogP contribution < -0.4 is 21.1 Å². The minimum absolute atomic E-state index is 0.102. The summed E-state index contributed by atoms with van der Waals surface area (Å²) >= 11 is 0. The molecule has 4 heteroatoms. The quantitative estimate of drug-likeness (QED) is 0.724. The van der Waals surface area contributed by atoms with Crippen molar-refractivity contribution in [3.05, 3.63) is 29.8 Å². The first kappa shape index (κ1) is 13.3. The summed E-state index contributed by atoms with van der Waals surface area (Å²) in [6.45, 7) is 3.66. The summed E-state index contributed by atoms with van der Waals surface area (Å²) in [7, 11) is 1.69. The van der Waals surface area contributed by atoms with E-state index in [2.05, 4.69) is 22.8 Å². The Bertz CT molecular complexity index is 358. The Morgan fingerprint density at radius 2 is 1.94 bits per heavy atom. The van der Waals surface area contributed by atoms with Crippen molar-refractivity contribution in [2.45, 2.75) is 24.9 Å². The average molecular weight is 249 g/mol. The molecule has 0 aromatic heterocycles. The molecule has 0 saturated carbocycles. The van der Waals surface area contributed by atoms with Crippen molar-refractivity contribution in [2.24, 2.45) is 5.73 Å². The standard InChI is InChI=1S/C14H23N3O/c1-18-13-4-2-12(3-5-13)10-17-14(11-15)6-8-16-9-7-14/h2-5,16-17H,6-11,15H2,1H3. The van der Waals surface area contributed by atoms with Gasteiger partial charge in [0, 0.05) is 18.6 Å². The Morgan fingerprint density at radius 1 is 1.28 bits per heavy atom. The van der Waals surface area contributed by atoms with Gasteiger partial charge in [-0.1, -0.05) is 12.1 Å². The zero-order valence-corrected chi connectivity index (χ0v) is 11.0. The summed E-state index contributed by atoms with van der Waals surface area (Å²) in [6.07, 6.45) is 2.19. The fourth-order valence-corrected chi connectivity index (χ4v) is 2.39. The molecule has 1 saturated heterocycles. The molecule has 0 atom stereocenters. The molecule has 0 spiro atoms. The van der Waals surface area contributed by atoms with Gasteiger partial charge in [-0.3, -0.25) is 0 Å². The van der Waals surface area contributed by atoms with Crippen LogP contribution in [0.15, 0.2) is 24.3 Å². The van der Waals surface area contributed by atoms with Crippen LogP contribution in [0.2, 0.25) is 0 Å². The predicted molar refractivity (Wildman–Crippen MR) is 73.7 cm³/mol. The fourth-order valence-electron chi connectivity index (χ4n) is 2.39. The second-order valence-corrected chi connectivity index (χ2v) is 4.94. The maximum absolute atomic E-state index is 5.94. The lowest BCUT2D eigenvalue weighted by Crippen LogP contribution is -2.56. The minimum atomic E-state index is 0.102. The molecule has 4 N–H and O–H groups in total. The lowest BCUT2D eigenvalue weighted by Gasteiger charge is -2.37. The van der Waals surface area contributed by atoms with Gasteiger partial charge >= 0.3 is 0 Å². The molecule has 2 rings (SSSR count). The van der Waals surface area contributed by atoms with Crippen molar-refractivity contribution in [3.63, 3.8) is 0 Å². The molecule has 4 nitrogen and oxygen atoms in total. The van der Waals surface area contributed by atoms with Crippen LogP contribution in [-0.4, -0.2) is 32.3 Å². The van der Waals surface area contributed by atoms with Crippen LogP contribution >= 0.6 is 0 Å².